The van der Waals surface area contributed by atoms with Crippen molar-refractivity contribution in [1.82, 2.24) is 31.5 Å². The zero-order valence-electron chi connectivity index (χ0n) is 57.4. The largest absolute Gasteiger partial charge is 0.481 e. The molecule has 0 aromatic heterocycles. The molecule has 16 atom stereocenters. The van der Waals surface area contributed by atoms with Crippen LogP contribution in [0.2, 0.25) is 0 Å². The predicted octanol–water partition coefficient (Wildman–Crippen LogP) is 4.56. The third-order valence-corrected chi connectivity index (χ3v) is 18.6. The molecule has 27 heteroatoms. The van der Waals surface area contributed by atoms with Crippen LogP contribution in [0, 0.1) is 53.3 Å². The Morgan fingerprint density at radius 1 is 0.398 bits per heavy atom. The number of ether oxygens (including phenoxy) is 9. The number of Topliss-reactive ketones (excluding diaryl/α,β-unsaturated/α-hetero) is 2. The first-order valence-corrected chi connectivity index (χ1v) is 33.6. The van der Waals surface area contributed by atoms with E-state index >= 15 is 0 Å². The lowest BCUT2D eigenvalue weighted by Gasteiger charge is -2.43. The van der Waals surface area contributed by atoms with Crippen LogP contribution in [0.3, 0.4) is 0 Å². The molecule has 0 saturated carbocycles. The fraction of sp³-hybridized carbons (Fsp3) is 0.833. The molecule has 0 spiro atoms. The molecule has 0 bridgehead atoms. The molecule has 3 aliphatic heterocycles. The zero-order valence-corrected chi connectivity index (χ0v) is 57.4. The first kappa shape index (κ1) is 81.5. The number of carbonyl (C=O) groups is 11. The molecule has 532 valence electrons. The summed E-state index contributed by atoms with van der Waals surface area (Å²) in [5.41, 5.74) is 0. The van der Waals surface area contributed by atoms with E-state index in [-0.39, 0.29) is 168 Å². The van der Waals surface area contributed by atoms with Crippen molar-refractivity contribution in [2.75, 3.05) is 85.5 Å². The smallest absolute Gasteiger partial charge is 0.303 e. The number of nitrogens with one attached hydrogen (secondary N) is 5. The standard InChI is InChI=1S/C66H112N6O21/c1-40-43(4)55(37-88-49(10)73)91-64(46(40)7)85-31-16-13-27-67-59(79)24-22-52(76)35-72(36-62(82)71-34-61(81)69-29-15-18-33-87-66-48(9)42(3)45(6)57(93-66)39-90-51(12)75)53(26-30-70-58(78)20-19-21-63(83)84)54(77)23-25-60(80)68-28-14-17-32-86-65-47(8)41(2)44(5)56(92-65)38-89-50(11)74/h40-48,53,55-57,64-66H,13-39H2,1-12H3,(H,67,79)(H,68,80)(H,69,81)(H,70,78)(H,71,82)(H,83,84)/t40-,41-,42-,43+,44+,45+,46?,47?,48?,53?,55?,56?,57?,64+,65+,66+/m0/s1. The lowest BCUT2D eigenvalue weighted by Crippen LogP contribution is -2.51. The number of ketones is 2. The summed E-state index contributed by atoms with van der Waals surface area (Å²) in [6.07, 6.45) is -0.527. The van der Waals surface area contributed by atoms with Crippen LogP contribution in [-0.2, 0) is 95.4 Å². The SMILES string of the molecule is CC(=O)OCC1O[C@@H](OCCCCNC(=O)CCC(=O)CN(CC(=O)NCC(=O)NCCCCO[C@@H]2OC(COC(C)=O)[C@H](C)[C@H](C)C2C)C(CCNC(=O)CCCC(=O)O)C(=O)CCC(=O)NCCCCO[C@@H]2OC(COC(C)=O)[C@H](C)[C@H](C)C2C)C(C)[C@@H](C)[C@H]1C. The van der Waals surface area contributed by atoms with Crippen molar-refractivity contribution in [2.24, 2.45) is 53.3 Å². The first-order chi connectivity index (χ1) is 44.1. The van der Waals surface area contributed by atoms with Gasteiger partial charge in [0, 0.05) is 123 Å². The minimum atomic E-state index is -1.22. The molecular weight excluding hydrogens is 1210 g/mol. The van der Waals surface area contributed by atoms with Gasteiger partial charge in [-0.05, 0) is 86.9 Å². The molecular formula is C66H112N6O21. The highest BCUT2D eigenvalue weighted by Crippen LogP contribution is 2.38. The second-order valence-corrected chi connectivity index (χ2v) is 25.6. The van der Waals surface area contributed by atoms with Crippen molar-refractivity contribution in [3.05, 3.63) is 0 Å². The molecule has 3 saturated heterocycles. The Labute approximate surface area is 550 Å². The minimum absolute atomic E-state index is 0.0634. The predicted molar refractivity (Wildman–Crippen MR) is 339 cm³/mol. The van der Waals surface area contributed by atoms with Gasteiger partial charge in [0.1, 0.15) is 25.6 Å². The van der Waals surface area contributed by atoms with Crippen LogP contribution >= 0.6 is 0 Å². The molecule has 0 radical (unpaired) electrons. The number of carboxylic acid groups (broad SMARTS) is 1. The summed E-state index contributed by atoms with van der Waals surface area (Å²) >= 11 is 0. The van der Waals surface area contributed by atoms with Crippen molar-refractivity contribution >= 4 is 65.0 Å². The van der Waals surface area contributed by atoms with Gasteiger partial charge < -0.3 is 74.3 Å². The lowest BCUT2D eigenvalue weighted by atomic mass is 9.79. The van der Waals surface area contributed by atoms with E-state index in [0.29, 0.717) is 64.9 Å². The quantitative estimate of drug-likeness (QED) is 0.0276. The Kier molecular flexibility index (Phi) is 38.7. The van der Waals surface area contributed by atoms with E-state index in [1.165, 1.54) is 25.7 Å². The summed E-state index contributed by atoms with van der Waals surface area (Å²) in [6, 6.07) is -1.22. The first-order valence-electron chi connectivity index (χ1n) is 33.6. The summed E-state index contributed by atoms with van der Waals surface area (Å²) in [6.45, 7) is 23.3. The van der Waals surface area contributed by atoms with Gasteiger partial charge in [-0.15, -0.1) is 0 Å². The second-order valence-electron chi connectivity index (χ2n) is 25.6. The Bertz CT molecular complexity index is 2270. The van der Waals surface area contributed by atoms with E-state index in [4.69, 9.17) is 47.7 Å². The van der Waals surface area contributed by atoms with Crippen molar-refractivity contribution < 1.29 is 100 Å². The molecule has 7 unspecified atom stereocenters. The molecule has 0 aromatic carbocycles. The number of carboxylic acids is 1. The fourth-order valence-corrected chi connectivity index (χ4v) is 11.4. The van der Waals surface area contributed by atoms with E-state index in [2.05, 4.69) is 68.1 Å². The zero-order chi connectivity index (χ0) is 69.2. The molecule has 0 aromatic rings. The minimum Gasteiger partial charge on any atom is -0.481 e. The highest BCUT2D eigenvalue weighted by molar-refractivity contribution is 5.92. The molecule has 27 nitrogen and oxygen atoms in total. The lowest BCUT2D eigenvalue weighted by molar-refractivity contribution is -0.255. The topological polar surface area (TPSA) is 354 Å². The highest BCUT2D eigenvalue weighted by Gasteiger charge is 2.43. The van der Waals surface area contributed by atoms with Gasteiger partial charge in [0.15, 0.2) is 24.7 Å². The van der Waals surface area contributed by atoms with Gasteiger partial charge in [0.2, 0.25) is 29.5 Å². The number of rotatable bonds is 45. The Morgan fingerprint density at radius 2 is 0.774 bits per heavy atom. The molecule has 3 heterocycles. The molecule has 5 amide bonds. The maximum Gasteiger partial charge on any atom is 0.303 e. The van der Waals surface area contributed by atoms with Gasteiger partial charge in [0.25, 0.3) is 0 Å². The maximum absolute atomic E-state index is 14.3. The second kappa shape index (κ2) is 44.1. The van der Waals surface area contributed by atoms with Crippen LogP contribution in [0.25, 0.3) is 0 Å². The molecule has 3 aliphatic rings. The van der Waals surface area contributed by atoms with Gasteiger partial charge in [-0.1, -0.05) is 62.3 Å². The van der Waals surface area contributed by atoms with Crippen LogP contribution in [0.1, 0.15) is 173 Å². The molecule has 0 aliphatic carbocycles. The van der Waals surface area contributed by atoms with Crippen molar-refractivity contribution in [1.29, 1.82) is 0 Å². The maximum atomic E-state index is 14.3. The third-order valence-electron chi connectivity index (χ3n) is 18.6. The Balaban J connectivity index is 1.64. The summed E-state index contributed by atoms with van der Waals surface area (Å²) < 4.78 is 52.4. The normalized spacial score (nSPS) is 26.4. The van der Waals surface area contributed by atoms with Crippen LogP contribution in [-0.4, -0.2) is 204 Å². The van der Waals surface area contributed by atoms with Crippen molar-refractivity contribution in [3.8, 4) is 0 Å². The summed E-state index contributed by atoms with van der Waals surface area (Å²) in [4.78, 5) is 141. The van der Waals surface area contributed by atoms with Crippen molar-refractivity contribution in [3.63, 3.8) is 0 Å². The van der Waals surface area contributed by atoms with Crippen molar-refractivity contribution in [2.45, 2.75) is 216 Å². The van der Waals surface area contributed by atoms with Crippen LogP contribution < -0.4 is 26.6 Å². The molecule has 3 fully saturated rings. The van der Waals surface area contributed by atoms with Crippen LogP contribution in [0.15, 0.2) is 0 Å². The number of carbonyl (C=O) groups excluding carboxylic acids is 10. The van der Waals surface area contributed by atoms with Gasteiger partial charge in [0.05, 0.1) is 44.0 Å². The highest BCUT2D eigenvalue weighted by atomic mass is 16.7. The van der Waals surface area contributed by atoms with Gasteiger partial charge >= 0.3 is 23.9 Å². The number of hydrogen-bond acceptors (Lipinski definition) is 21. The monoisotopic (exact) mass is 1320 g/mol. The average Bonchev–Trinajstić information content (AvgIpc) is 0.877. The summed E-state index contributed by atoms with van der Waals surface area (Å²) in [5, 5.41) is 22.8. The fourth-order valence-electron chi connectivity index (χ4n) is 11.4. The summed E-state index contributed by atoms with van der Waals surface area (Å²) in [7, 11) is 0. The average molecular weight is 1330 g/mol. The molecule has 3 rings (SSSR count). The van der Waals surface area contributed by atoms with E-state index in [9.17, 15) is 52.7 Å². The van der Waals surface area contributed by atoms with E-state index in [1.807, 2.05) is 20.8 Å². The van der Waals surface area contributed by atoms with Gasteiger partial charge in [-0.25, -0.2) is 0 Å². The number of amides is 5. The van der Waals surface area contributed by atoms with Gasteiger partial charge in [-0.2, -0.15) is 0 Å². The number of esters is 3. The number of nitrogens with zero attached hydrogens (tertiary/aromatic N) is 1. The van der Waals surface area contributed by atoms with Crippen LogP contribution in [0.5, 0.6) is 0 Å². The number of aliphatic carboxylic acids is 1. The van der Waals surface area contributed by atoms with Gasteiger partial charge in [-0.3, -0.25) is 57.6 Å². The molecule has 6 N–H and O–H groups in total. The molecule has 93 heavy (non-hydrogen) atoms. The van der Waals surface area contributed by atoms with E-state index in [0.717, 1.165) is 0 Å². The van der Waals surface area contributed by atoms with E-state index in [1.54, 1.807) is 0 Å². The number of unbranched alkanes of at least 4 members (excludes halogenated alkanes) is 3. The Morgan fingerprint density at radius 3 is 1.17 bits per heavy atom. The van der Waals surface area contributed by atoms with Crippen LogP contribution in [0.4, 0.5) is 0 Å². The summed E-state index contributed by atoms with van der Waals surface area (Å²) in [5.74, 6) is -4.39. The number of hydrogen-bond donors (Lipinski definition) is 6. The van der Waals surface area contributed by atoms with E-state index < -0.39 is 104 Å². The Hall–Kier alpha value is -5.71. The third kappa shape index (κ3) is 31.6.